The summed E-state index contributed by atoms with van der Waals surface area (Å²) in [5, 5.41) is 16.7. The molecule has 10 nitrogen and oxygen atoms in total. The van der Waals surface area contributed by atoms with E-state index in [0.29, 0.717) is 29.1 Å². The van der Waals surface area contributed by atoms with Gasteiger partial charge in [-0.2, -0.15) is 10.1 Å². The summed E-state index contributed by atoms with van der Waals surface area (Å²) < 4.78 is 5.40. The number of amides is 2. The highest BCUT2D eigenvalue weighted by Crippen LogP contribution is 2.18. The Bertz CT molecular complexity index is 1080. The fourth-order valence-corrected chi connectivity index (χ4v) is 3.15. The molecule has 0 radical (unpaired) electrons. The minimum absolute atomic E-state index is 0.122. The van der Waals surface area contributed by atoms with E-state index in [1.54, 1.807) is 30.5 Å². The van der Waals surface area contributed by atoms with E-state index in [4.69, 9.17) is 4.74 Å². The second-order valence-corrected chi connectivity index (χ2v) is 7.38. The van der Waals surface area contributed by atoms with Crippen molar-refractivity contribution in [2.45, 2.75) is 19.0 Å². The van der Waals surface area contributed by atoms with Gasteiger partial charge in [0.15, 0.2) is 0 Å². The largest absolute Gasteiger partial charge is 0.494 e. The summed E-state index contributed by atoms with van der Waals surface area (Å²) in [5.74, 6) is 0.888. The summed E-state index contributed by atoms with van der Waals surface area (Å²) in [6.07, 6.45) is 1.65. The molecule has 3 aromatic rings. The lowest BCUT2D eigenvalue weighted by atomic mass is 10.2. The second kappa shape index (κ2) is 11.5. The Morgan fingerprint density at radius 1 is 1.16 bits per heavy atom. The van der Waals surface area contributed by atoms with Crippen molar-refractivity contribution in [1.29, 1.82) is 0 Å². The van der Waals surface area contributed by atoms with Gasteiger partial charge in [0.2, 0.25) is 22.9 Å². The molecule has 2 aromatic carbocycles. The van der Waals surface area contributed by atoms with Crippen LogP contribution >= 0.6 is 11.8 Å². The lowest BCUT2D eigenvalue weighted by molar-refractivity contribution is -0.114. The molecule has 0 saturated heterocycles. The van der Waals surface area contributed by atoms with Crippen LogP contribution < -0.4 is 20.8 Å². The molecule has 0 spiro atoms. The molecule has 2 amide bonds. The average molecular weight is 454 g/mol. The first-order valence-electron chi connectivity index (χ1n) is 9.76. The maximum atomic E-state index is 12.2. The van der Waals surface area contributed by atoms with Crippen molar-refractivity contribution < 1.29 is 14.3 Å². The number of nitrogens with zero attached hydrogens (tertiary/aromatic N) is 3. The highest BCUT2D eigenvalue weighted by atomic mass is 32.2. The van der Waals surface area contributed by atoms with Crippen LogP contribution in [0.25, 0.3) is 0 Å². The van der Waals surface area contributed by atoms with Crippen molar-refractivity contribution in [1.82, 2.24) is 15.2 Å². The lowest BCUT2D eigenvalue weighted by Gasteiger charge is -2.07. The number of hydrazone groups is 1. The zero-order valence-corrected chi connectivity index (χ0v) is 18.4. The first kappa shape index (κ1) is 22.8. The summed E-state index contributed by atoms with van der Waals surface area (Å²) in [7, 11) is 0. The smallest absolute Gasteiger partial charge is 0.240 e. The van der Waals surface area contributed by atoms with E-state index in [2.05, 4.69) is 36.3 Å². The molecule has 0 saturated carbocycles. The van der Waals surface area contributed by atoms with Crippen LogP contribution in [0.4, 0.5) is 17.3 Å². The van der Waals surface area contributed by atoms with Crippen molar-refractivity contribution in [3.8, 4) is 5.75 Å². The Labute approximate surface area is 189 Å². The van der Waals surface area contributed by atoms with E-state index >= 15 is 0 Å². The van der Waals surface area contributed by atoms with Gasteiger partial charge in [-0.1, -0.05) is 17.8 Å². The van der Waals surface area contributed by atoms with Gasteiger partial charge in [-0.25, -0.2) is 10.5 Å². The highest BCUT2D eigenvalue weighted by Gasteiger charge is 2.08. The van der Waals surface area contributed by atoms with Crippen molar-refractivity contribution in [2.24, 2.45) is 5.10 Å². The Hall–Kier alpha value is -3.86. The molecule has 1 aromatic heterocycles. The molecule has 4 N–H and O–H groups in total. The quantitative estimate of drug-likeness (QED) is 0.210. The van der Waals surface area contributed by atoms with Gasteiger partial charge in [0.25, 0.3) is 0 Å². The number of carbonyl (C=O) groups excluding carboxylic acids is 2. The third-order valence-electron chi connectivity index (χ3n) is 3.84. The minimum atomic E-state index is -0.220. The number of anilines is 3. The van der Waals surface area contributed by atoms with Crippen LogP contribution in [0.15, 0.2) is 58.8 Å². The van der Waals surface area contributed by atoms with Crippen molar-refractivity contribution in [3.05, 3.63) is 54.1 Å². The van der Waals surface area contributed by atoms with E-state index < -0.39 is 0 Å². The first-order valence-corrected chi connectivity index (χ1v) is 10.7. The zero-order chi connectivity index (χ0) is 22.8. The van der Waals surface area contributed by atoms with E-state index in [0.717, 1.165) is 11.3 Å². The highest BCUT2D eigenvalue weighted by molar-refractivity contribution is 7.99. The number of aromatic amines is 1. The van der Waals surface area contributed by atoms with Crippen LogP contribution in [0.1, 0.15) is 19.4 Å². The monoisotopic (exact) mass is 453 g/mol. The van der Waals surface area contributed by atoms with Crippen molar-refractivity contribution in [3.63, 3.8) is 0 Å². The summed E-state index contributed by atoms with van der Waals surface area (Å²) in [4.78, 5) is 27.6. The molecule has 0 aliphatic rings. The van der Waals surface area contributed by atoms with Crippen LogP contribution in [0.3, 0.4) is 0 Å². The van der Waals surface area contributed by atoms with Crippen LogP contribution in [0.5, 0.6) is 5.75 Å². The molecule has 0 aliphatic carbocycles. The Kier molecular flexibility index (Phi) is 8.21. The fraction of sp³-hybridized carbons (Fsp3) is 0.190. The summed E-state index contributed by atoms with van der Waals surface area (Å²) in [6, 6.07) is 14.4. The van der Waals surface area contributed by atoms with Gasteiger partial charge in [-0.05, 0) is 55.0 Å². The second-order valence-electron chi connectivity index (χ2n) is 6.44. The Morgan fingerprint density at radius 3 is 2.62 bits per heavy atom. The van der Waals surface area contributed by atoms with Gasteiger partial charge in [0.1, 0.15) is 5.75 Å². The van der Waals surface area contributed by atoms with Gasteiger partial charge in [-0.15, -0.1) is 5.10 Å². The minimum Gasteiger partial charge on any atom is -0.494 e. The molecular formula is C21H23N7O3S. The standard InChI is InChI=1S/C21H23N7O3S/c1-3-31-18-9-7-15(8-10-18)12-22-26-20-25-21(28-27-20)32-13-19(30)24-17-6-4-5-16(11-17)23-14(2)29/h4-12H,3,13H2,1-2H3,(H,23,29)(H,24,30)(H2,25,26,27,28)/b22-12+. The molecule has 0 atom stereocenters. The number of hydrogen-bond donors (Lipinski definition) is 4. The Morgan fingerprint density at radius 2 is 1.91 bits per heavy atom. The predicted molar refractivity (Wildman–Crippen MR) is 125 cm³/mol. The molecule has 0 bridgehead atoms. The normalized spacial score (nSPS) is 10.7. The zero-order valence-electron chi connectivity index (χ0n) is 17.6. The fourth-order valence-electron chi connectivity index (χ4n) is 2.55. The third-order valence-corrected chi connectivity index (χ3v) is 4.69. The molecule has 0 fully saturated rings. The summed E-state index contributed by atoms with van der Waals surface area (Å²) >= 11 is 1.18. The molecule has 32 heavy (non-hydrogen) atoms. The van der Waals surface area contributed by atoms with Crippen LogP contribution in [-0.2, 0) is 9.59 Å². The van der Waals surface area contributed by atoms with Gasteiger partial charge < -0.3 is 15.4 Å². The average Bonchev–Trinajstić information content (AvgIpc) is 3.21. The predicted octanol–water partition coefficient (Wildman–Crippen LogP) is 3.34. The first-order chi connectivity index (χ1) is 15.5. The number of nitrogens with one attached hydrogen (secondary N) is 4. The molecule has 3 rings (SSSR count). The number of benzene rings is 2. The maximum Gasteiger partial charge on any atom is 0.240 e. The number of H-pyrrole nitrogens is 1. The molecular weight excluding hydrogens is 430 g/mol. The van der Waals surface area contributed by atoms with E-state index in [-0.39, 0.29) is 17.6 Å². The number of thioether (sulfide) groups is 1. The van der Waals surface area contributed by atoms with Crippen molar-refractivity contribution >= 4 is 47.1 Å². The molecule has 0 aliphatic heterocycles. The van der Waals surface area contributed by atoms with Crippen LogP contribution in [0, 0.1) is 0 Å². The number of aromatic nitrogens is 3. The van der Waals surface area contributed by atoms with Crippen LogP contribution in [0.2, 0.25) is 0 Å². The molecule has 11 heteroatoms. The van der Waals surface area contributed by atoms with Gasteiger partial charge in [0, 0.05) is 18.3 Å². The maximum absolute atomic E-state index is 12.2. The number of rotatable bonds is 10. The summed E-state index contributed by atoms with van der Waals surface area (Å²) in [5.41, 5.74) is 4.86. The SMILES string of the molecule is CCOc1ccc(/C=N/Nc2nc(SCC(=O)Nc3cccc(NC(C)=O)c3)n[nH]2)cc1. The van der Waals surface area contributed by atoms with E-state index in [1.807, 2.05) is 31.2 Å². The third kappa shape index (κ3) is 7.43. The number of carbonyl (C=O) groups is 2. The van der Waals surface area contributed by atoms with Gasteiger partial charge >= 0.3 is 0 Å². The van der Waals surface area contributed by atoms with Gasteiger partial charge in [0.05, 0.1) is 18.6 Å². The molecule has 166 valence electrons. The van der Waals surface area contributed by atoms with Gasteiger partial charge in [-0.3, -0.25) is 9.59 Å². The summed E-state index contributed by atoms with van der Waals surface area (Å²) in [6.45, 7) is 3.98. The molecule has 0 unspecified atom stereocenters. The van der Waals surface area contributed by atoms with Crippen LogP contribution in [-0.4, -0.2) is 45.6 Å². The Balaban J connectivity index is 1.44. The lowest BCUT2D eigenvalue weighted by Crippen LogP contribution is -2.14. The topological polar surface area (TPSA) is 133 Å². The van der Waals surface area contributed by atoms with E-state index in [1.165, 1.54) is 18.7 Å². The number of ether oxygens (including phenoxy) is 1. The van der Waals surface area contributed by atoms with Crippen molar-refractivity contribution in [2.75, 3.05) is 28.4 Å². The molecule has 1 heterocycles. The number of hydrogen-bond acceptors (Lipinski definition) is 8. The van der Waals surface area contributed by atoms with E-state index in [9.17, 15) is 9.59 Å².